The smallest absolute Gasteiger partial charge is 0.265 e. The molecule has 0 spiro atoms. The van der Waals surface area contributed by atoms with Crippen LogP contribution in [0.25, 0.3) is 0 Å². The van der Waals surface area contributed by atoms with Crippen molar-refractivity contribution in [2.75, 3.05) is 30.9 Å². The van der Waals surface area contributed by atoms with E-state index < -0.39 is 0 Å². The summed E-state index contributed by atoms with van der Waals surface area (Å²) >= 11 is 24.4. The van der Waals surface area contributed by atoms with Gasteiger partial charge in [-0.1, -0.05) is 126 Å². The SMILES string of the molecule is C=C1CCC(N2Cc3c(CCC(=O)CCc4ccc(C)c(Cl)c4)csc3C2=O)C(=O)C1.C=C1CCC(N2Cc3c(csc3CCC(=O)CCc3ccc(C)c(Cl)c3)C2=O)C(=O)C1.C=C1CCC(N2Cc3c(csc3CCC(=O)CCc3ccc(C)c(N(C)C)c3)C2=O)C(=O)C1.C=C1CCC(N2Cc3cc(CNC(=O)CNc4ccc(C)c(Cl)c4)sc3C2=O)C(=O)C1. The number of carbonyl (C=O) groups excluding carboxylic acids is 12. The number of ketones is 7. The molecule has 16 rings (SSSR count). The van der Waals surface area contributed by atoms with Crippen LogP contribution in [-0.2, 0) is 110 Å². The van der Waals surface area contributed by atoms with Gasteiger partial charge >= 0.3 is 0 Å². The Labute approximate surface area is 768 Å². The van der Waals surface area contributed by atoms with Crippen LogP contribution in [0.15, 0.2) is 144 Å². The van der Waals surface area contributed by atoms with Crippen LogP contribution in [0.2, 0.25) is 15.1 Å². The molecule has 4 aromatic carbocycles. The van der Waals surface area contributed by atoms with Crippen molar-refractivity contribution in [2.24, 2.45) is 0 Å². The molecule has 0 saturated heterocycles. The minimum absolute atomic E-state index is 0.0410. The van der Waals surface area contributed by atoms with Crippen LogP contribution in [0.1, 0.15) is 237 Å². The second-order valence-corrected chi connectivity index (χ2v) is 39.8. The number of rotatable bonds is 28. The van der Waals surface area contributed by atoms with E-state index in [2.05, 4.69) is 67.0 Å². The predicted molar refractivity (Wildman–Crippen MR) is 503 cm³/mol. The Kier molecular flexibility index (Phi) is 31.2. The number of thiophene rings is 4. The molecule has 4 aliphatic heterocycles. The van der Waals surface area contributed by atoms with Gasteiger partial charge in [0.05, 0.1) is 58.1 Å². The molecule has 8 aromatic rings. The molecule has 8 heterocycles. The van der Waals surface area contributed by atoms with Crippen molar-refractivity contribution in [3.63, 3.8) is 0 Å². The van der Waals surface area contributed by atoms with E-state index in [-0.39, 0.29) is 101 Å². The van der Waals surface area contributed by atoms with Crippen molar-refractivity contribution in [3.8, 4) is 0 Å². The number of benzene rings is 4. The summed E-state index contributed by atoms with van der Waals surface area (Å²) in [6.07, 6.45) is 14.2. The average molecular weight is 1830 g/mol. The Bertz CT molecular complexity index is 5530. The monoisotopic (exact) mass is 1830 g/mol. The molecule has 126 heavy (non-hydrogen) atoms. The third kappa shape index (κ3) is 22.8. The Morgan fingerprint density at radius 3 is 1.25 bits per heavy atom. The van der Waals surface area contributed by atoms with E-state index in [1.807, 2.05) is 106 Å². The lowest BCUT2D eigenvalue weighted by atomic mass is 9.89. The van der Waals surface area contributed by atoms with Gasteiger partial charge in [-0.25, -0.2) is 0 Å². The fourth-order valence-electron chi connectivity index (χ4n) is 17.5. The number of hydrogen-bond acceptors (Lipinski definition) is 18. The zero-order valence-corrected chi connectivity index (χ0v) is 78.0. The summed E-state index contributed by atoms with van der Waals surface area (Å²) in [5.74, 6) is 0.650. The maximum absolute atomic E-state index is 12.9. The number of fused-ring (bicyclic) bond motifs is 4. The van der Waals surface area contributed by atoms with Crippen molar-refractivity contribution in [2.45, 2.75) is 239 Å². The van der Waals surface area contributed by atoms with Gasteiger partial charge in [-0.05, 0) is 226 Å². The van der Waals surface area contributed by atoms with Gasteiger partial charge in [-0.15, -0.1) is 45.3 Å². The molecule has 2 N–H and O–H groups in total. The molecule has 19 nitrogen and oxygen atoms in total. The number of allylic oxidation sites excluding steroid dienone is 4. The van der Waals surface area contributed by atoms with Crippen molar-refractivity contribution in [1.82, 2.24) is 24.9 Å². The maximum Gasteiger partial charge on any atom is 0.265 e. The van der Waals surface area contributed by atoms with Crippen molar-refractivity contribution in [1.29, 1.82) is 0 Å². The number of hydrogen-bond donors (Lipinski definition) is 2. The number of anilines is 2. The average Bonchev–Trinajstić information content (AvgIpc) is 1.62. The largest absolute Gasteiger partial charge is 0.377 e. The Hall–Kier alpha value is -9.85. The van der Waals surface area contributed by atoms with Crippen LogP contribution in [-0.4, -0.2) is 134 Å². The molecule has 4 unspecified atom stereocenters. The highest BCUT2D eigenvalue weighted by molar-refractivity contribution is 7.14. The van der Waals surface area contributed by atoms with Gasteiger partial charge < -0.3 is 35.1 Å². The third-order valence-corrected chi connectivity index (χ3v) is 30.7. The number of amides is 5. The van der Waals surface area contributed by atoms with Crippen LogP contribution >= 0.6 is 80.1 Å². The van der Waals surface area contributed by atoms with E-state index >= 15 is 0 Å². The highest BCUT2D eigenvalue weighted by Gasteiger charge is 2.44. The van der Waals surface area contributed by atoms with Gasteiger partial charge in [-0.3, -0.25) is 57.5 Å². The molecule has 660 valence electrons. The van der Waals surface area contributed by atoms with Gasteiger partial charge in [0.25, 0.3) is 23.6 Å². The first-order valence-electron chi connectivity index (χ1n) is 43.2. The van der Waals surface area contributed by atoms with Crippen LogP contribution in [0, 0.1) is 27.7 Å². The summed E-state index contributed by atoms with van der Waals surface area (Å²) in [6, 6.07) is 24.4. The first-order chi connectivity index (χ1) is 60.2. The van der Waals surface area contributed by atoms with Gasteiger partial charge in [0.2, 0.25) is 5.91 Å². The third-order valence-electron chi connectivity index (χ3n) is 25.1. The molecule has 8 aliphatic rings. The van der Waals surface area contributed by atoms with E-state index in [1.54, 1.807) is 48.3 Å². The summed E-state index contributed by atoms with van der Waals surface area (Å²) in [4.78, 5) is 164. The second kappa shape index (κ2) is 41.9. The van der Waals surface area contributed by atoms with Crippen molar-refractivity contribution < 1.29 is 57.5 Å². The topological polar surface area (TPSA) is 245 Å². The van der Waals surface area contributed by atoms with E-state index in [1.165, 1.54) is 39.5 Å². The van der Waals surface area contributed by atoms with E-state index in [4.69, 9.17) is 34.8 Å². The summed E-state index contributed by atoms with van der Waals surface area (Å²) in [7, 11) is 4.06. The summed E-state index contributed by atoms with van der Waals surface area (Å²) in [5.41, 5.74) is 19.8. The fourth-order valence-corrected chi connectivity index (χ4v) is 22.3. The molecule has 0 radical (unpaired) electrons. The normalized spacial score (nSPS) is 18.4. The van der Waals surface area contributed by atoms with Crippen LogP contribution in [0.5, 0.6) is 0 Å². The first kappa shape index (κ1) is 93.8. The van der Waals surface area contributed by atoms with E-state index in [0.717, 1.165) is 151 Å². The van der Waals surface area contributed by atoms with Crippen LogP contribution in [0.4, 0.5) is 11.4 Å². The Balaban J connectivity index is 0.000000144. The van der Waals surface area contributed by atoms with Gasteiger partial charge in [0, 0.05) is 156 Å². The Morgan fingerprint density at radius 2 is 0.825 bits per heavy atom. The molecule has 26 heteroatoms. The van der Waals surface area contributed by atoms with E-state index in [0.29, 0.717) is 170 Å². The van der Waals surface area contributed by atoms with Crippen molar-refractivity contribution >= 4 is 162 Å². The molecule has 4 atom stereocenters. The van der Waals surface area contributed by atoms with Gasteiger partial charge in [-0.2, -0.15) is 0 Å². The maximum atomic E-state index is 12.9. The van der Waals surface area contributed by atoms with Crippen LogP contribution < -0.4 is 15.5 Å². The quantitative estimate of drug-likeness (QED) is 0.0433. The molecule has 4 aliphatic carbocycles. The molecule has 4 aromatic heterocycles. The number of nitrogens with one attached hydrogen (secondary N) is 2. The molecule has 4 fully saturated rings. The number of carbonyl (C=O) groups is 12. The molecular formula is C100H108Cl3N7O12S4. The molecule has 0 bridgehead atoms. The summed E-state index contributed by atoms with van der Waals surface area (Å²) in [6.45, 7) is 26.0. The number of aryl methyl sites for hydroxylation is 10. The number of nitrogens with zero attached hydrogens (tertiary/aromatic N) is 5. The van der Waals surface area contributed by atoms with Gasteiger partial charge in [0.15, 0.2) is 23.1 Å². The zero-order valence-electron chi connectivity index (χ0n) is 72.5. The summed E-state index contributed by atoms with van der Waals surface area (Å²) < 4.78 is 0. The van der Waals surface area contributed by atoms with Gasteiger partial charge in [0.1, 0.15) is 17.3 Å². The standard InChI is InChI=1S/C27H32N2O3S.2C25H26ClNO3S.C23H24ClN3O3S/c1-17-5-11-23(25(31)13-17)29-15-21-22(27(29)32)16-33-26(21)12-10-20(30)9-8-19-7-6-18(2)24(14-19)28(3)4;1-15-3-10-22(23(29)11-15)27-13-20-18(14-31-24(20)25(27)30)7-9-19(28)8-6-17-5-4-16(2)21(26)12-17;1-15-3-9-22(23(29)11-15)27-13-19-20(25(27)30)14-31-24(19)10-8-18(28)7-6-17-5-4-16(2)21(26)12-17;1-13-3-6-19(20(28)7-13)27-12-15-8-17(31-22(15)23(27)30)10-26-21(29)11-25-16-5-4-14(2)18(24)9-16/h6-7,14,16,23H,1,5,8-13,15H2,2-4H3;2*4-5,12,14,22H,1,3,6-11,13H2,2H3;4-5,8-9,19,25H,1,3,6-7,10-12H2,2H3,(H,26,29). The second-order valence-electron chi connectivity index (χ2n) is 34.7. The van der Waals surface area contributed by atoms with E-state index in [9.17, 15) is 57.5 Å². The van der Waals surface area contributed by atoms with Crippen molar-refractivity contribution in [3.05, 3.63) is 261 Å². The fraction of sp³-hybridized carbons (Fsp3) is 0.400. The Morgan fingerprint density at radius 1 is 0.437 bits per heavy atom. The molecular weight excluding hydrogens is 1730 g/mol. The summed E-state index contributed by atoms with van der Waals surface area (Å²) in [5, 5.41) is 13.8. The molecule has 5 amide bonds. The lowest BCUT2D eigenvalue weighted by Crippen LogP contribution is -2.43. The minimum atomic E-state index is -0.345. The zero-order chi connectivity index (χ0) is 90.1. The van der Waals surface area contributed by atoms with Crippen LogP contribution in [0.3, 0.4) is 0 Å². The lowest BCUT2D eigenvalue weighted by molar-refractivity contribution is -0.124. The first-order valence-corrected chi connectivity index (χ1v) is 47.8. The lowest BCUT2D eigenvalue weighted by Gasteiger charge is -2.30. The molecule has 4 saturated carbocycles. The predicted octanol–water partition coefficient (Wildman–Crippen LogP) is 19.9. The number of Topliss-reactive ketones (excluding diaryl/α,β-unsaturated/α-hetero) is 7. The minimum Gasteiger partial charge on any atom is -0.377 e. The highest BCUT2D eigenvalue weighted by Crippen LogP contribution is 2.42. The number of halogens is 3. The highest BCUT2D eigenvalue weighted by atomic mass is 35.5.